The van der Waals surface area contributed by atoms with Crippen LogP contribution in [0.2, 0.25) is 5.02 Å². The molecule has 6 heteroatoms. The van der Waals surface area contributed by atoms with Gasteiger partial charge in [-0.1, -0.05) is 23.7 Å². The molecule has 4 nitrogen and oxygen atoms in total. The van der Waals surface area contributed by atoms with Crippen molar-refractivity contribution in [3.05, 3.63) is 50.9 Å². The Morgan fingerprint density at radius 1 is 1.35 bits per heavy atom. The van der Waals surface area contributed by atoms with Crippen molar-refractivity contribution in [1.82, 2.24) is 15.2 Å². The van der Waals surface area contributed by atoms with Crippen molar-refractivity contribution in [2.75, 3.05) is 20.6 Å². The smallest absolute Gasteiger partial charge is 0.193 e. The summed E-state index contributed by atoms with van der Waals surface area (Å²) in [4.78, 5) is 10.9. The van der Waals surface area contributed by atoms with Gasteiger partial charge in [0.1, 0.15) is 0 Å². The highest BCUT2D eigenvalue weighted by Gasteiger charge is 2.08. The highest BCUT2D eigenvalue weighted by atomic mass is 35.5. The fourth-order valence-corrected chi connectivity index (χ4v) is 3.06. The second kappa shape index (κ2) is 8.89. The van der Waals surface area contributed by atoms with E-state index in [0.29, 0.717) is 0 Å². The van der Waals surface area contributed by atoms with E-state index in [4.69, 9.17) is 11.6 Å². The van der Waals surface area contributed by atoms with Crippen LogP contribution in [0.25, 0.3) is 0 Å². The molecule has 0 saturated heterocycles. The van der Waals surface area contributed by atoms with E-state index < -0.39 is 0 Å². The monoisotopic (exact) mass is 350 g/mol. The quantitative estimate of drug-likeness (QED) is 0.490. The number of guanidine groups is 1. The summed E-state index contributed by atoms with van der Waals surface area (Å²) in [6.07, 6.45) is 2.07. The van der Waals surface area contributed by atoms with Crippen LogP contribution in [0.1, 0.15) is 22.7 Å². The van der Waals surface area contributed by atoms with Crippen molar-refractivity contribution in [2.45, 2.75) is 26.3 Å². The van der Waals surface area contributed by atoms with Crippen molar-refractivity contribution in [2.24, 2.45) is 4.99 Å². The normalized spacial score (nSPS) is 11.6. The molecular formula is C17H23ClN4S. The van der Waals surface area contributed by atoms with Crippen LogP contribution in [0.3, 0.4) is 0 Å². The molecular weight excluding hydrogens is 328 g/mol. The lowest BCUT2D eigenvalue weighted by molar-refractivity contribution is 0.470. The topological polar surface area (TPSA) is 40.5 Å². The molecule has 2 aromatic rings. The summed E-state index contributed by atoms with van der Waals surface area (Å²) in [5, 5.41) is 7.38. The highest BCUT2D eigenvalue weighted by molar-refractivity contribution is 7.09. The van der Waals surface area contributed by atoms with Crippen molar-refractivity contribution < 1.29 is 0 Å². The minimum atomic E-state index is 0.765. The van der Waals surface area contributed by atoms with Gasteiger partial charge < -0.3 is 10.2 Å². The van der Waals surface area contributed by atoms with E-state index in [-0.39, 0.29) is 0 Å². The predicted molar refractivity (Wildman–Crippen MR) is 99.5 cm³/mol. The summed E-state index contributed by atoms with van der Waals surface area (Å²) in [5.41, 5.74) is 2.39. The molecule has 0 spiro atoms. The minimum absolute atomic E-state index is 0.765. The average Bonchev–Trinajstić information content (AvgIpc) is 2.94. The summed E-state index contributed by atoms with van der Waals surface area (Å²) >= 11 is 7.58. The molecule has 0 radical (unpaired) electrons. The standard InChI is InChI=1S/C17H23ClN4S/c1-13-21-16(12-23-13)11-22(3)17(19-2)20-10-4-5-14-6-8-15(18)9-7-14/h6-9,12H,4-5,10-11H2,1-3H3,(H,19,20). The van der Waals surface area contributed by atoms with E-state index in [2.05, 4.69) is 37.7 Å². The van der Waals surface area contributed by atoms with Crippen LogP contribution < -0.4 is 5.32 Å². The van der Waals surface area contributed by atoms with Gasteiger partial charge in [-0.25, -0.2) is 4.98 Å². The molecule has 0 saturated carbocycles. The molecule has 0 atom stereocenters. The Kier molecular flexibility index (Phi) is 6.86. The fraction of sp³-hybridized carbons (Fsp3) is 0.412. The summed E-state index contributed by atoms with van der Waals surface area (Å²) in [5.74, 6) is 0.895. The fourth-order valence-electron chi connectivity index (χ4n) is 2.33. The molecule has 1 aromatic carbocycles. The molecule has 0 aliphatic rings. The first-order valence-electron chi connectivity index (χ1n) is 7.65. The number of nitrogens with zero attached hydrogens (tertiary/aromatic N) is 3. The molecule has 0 fully saturated rings. The molecule has 1 N–H and O–H groups in total. The lowest BCUT2D eigenvalue weighted by Crippen LogP contribution is -2.39. The second-order valence-corrected chi connectivity index (χ2v) is 6.92. The minimum Gasteiger partial charge on any atom is -0.356 e. The zero-order chi connectivity index (χ0) is 16.7. The molecule has 0 aliphatic carbocycles. The molecule has 1 heterocycles. The molecule has 2 rings (SSSR count). The largest absolute Gasteiger partial charge is 0.356 e. The molecule has 0 aliphatic heterocycles. The van der Waals surface area contributed by atoms with Gasteiger partial charge in [0.2, 0.25) is 0 Å². The first-order chi connectivity index (χ1) is 11.1. The lowest BCUT2D eigenvalue weighted by atomic mass is 10.1. The number of aliphatic imine (C=N–C) groups is 1. The van der Waals surface area contributed by atoms with Crippen LogP contribution in [0.15, 0.2) is 34.6 Å². The maximum Gasteiger partial charge on any atom is 0.193 e. The molecule has 1 aromatic heterocycles. The Balaban J connectivity index is 1.75. The highest BCUT2D eigenvalue weighted by Crippen LogP contribution is 2.11. The van der Waals surface area contributed by atoms with Crippen LogP contribution >= 0.6 is 22.9 Å². The van der Waals surface area contributed by atoms with Gasteiger partial charge in [-0.05, 0) is 37.5 Å². The van der Waals surface area contributed by atoms with Crippen LogP contribution in [0.5, 0.6) is 0 Å². The molecule has 124 valence electrons. The SMILES string of the molecule is CN=C(NCCCc1ccc(Cl)cc1)N(C)Cc1csc(C)n1. The number of aryl methyl sites for hydroxylation is 2. The van der Waals surface area contributed by atoms with Gasteiger partial charge >= 0.3 is 0 Å². The van der Waals surface area contributed by atoms with E-state index in [1.54, 1.807) is 11.3 Å². The predicted octanol–water partition coefficient (Wildman–Crippen LogP) is 3.74. The number of halogens is 1. The van der Waals surface area contributed by atoms with Gasteiger partial charge in [0, 0.05) is 31.0 Å². The number of rotatable bonds is 6. The van der Waals surface area contributed by atoms with Crippen LogP contribution in [-0.4, -0.2) is 36.5 Å². The number of aromatic nitrogens is 1. The molecule has 0 amide bonds. The number of hydrogen-bond donors (Lipinski definition) is 1. The Labute approximate surface area is 147 Å². The van der Waals surface area contributed by atoms with Gasteiger partial charge in [0.15, 0.2) is 5.96 Å². The van der Waals surface area contributed by atoms with Gasteiger partial charge in [-0.15, -0.1) is 11.3 Å². The Hall–Kier alpha value is -1.59. The molecule has 0 bridgehead atoms. The zero-order valence-electron chi connectivity index (χ0n) is 13.8. The maximum atomic E-state index is 5.90. The summed E-state index contributed by atoms with van der Waals surface area (Å²) < 4.78 is 0. The Morgan fingerprint density at radius 2 is 2.09 bits per heavy atom. The van der Waals surface area contributed by atoms with Crippen molar-refractivity contribution in [3.8, 4) is 0 Å². The van der Waals surface area contributed by atoms with Gasteiger partial charge in [0.05, 0.1) is 17.2 Å². The van der Waals surface area contributed by atoms with E-state index in [1.807, 2.05) is 33.2 Å². The zero-order valence-corrected chi connectivity index (χ0v) is 15.4. The van der Waals surface area contributed by atoms with Crippen LogP contribution in [-0.2, 0) is 13.0 Å². The third kappa shape index (κ3) is 5.84. The summed E-state index contributed by atoms with van der Waals surface area (Å²) in [6.45, 7) is 3.68. The van der Waals surface area contributed by atoms with Gasteiger partial charge in [-0.2, -0.15) is 0 Å². The molecule has 23 heavy (non-hydrogen) atoms. The van der Waals surface area contributed by atoms with Crippen molar-refractivity contribution in [3.63, 3.8) is 0 Å². The third-order valence-electron chi connectivity index (χ3n) is 3.48. The van der Waals surface area contributed by atoms with Gasteiger partial charge in [0.25, 0.3) is 0 Å². The van der Waals surface area contributed by atoms with E-state index >= 15 is 0 Å². The first-order valence-corrected chi connectivity index (χ1v) is 8.91. The second-order valence-electron chi connectivity index (χ2n) is 5.42. The Morgan fingerprint density at radius 3 is 2.70 bits per heavy atom. The van der Waals surface area contributed by atoms with Crippen molar-refractivity contribution in [1.29, 1.82) is 0 Å². The summed E-state index contributed by atoms with van der Waals surface area (Å²) in [7, 11) is 3.84. The van der Waals surface area contributed by atoms with Gasteiger partial charge in [-0.3, -0.25) is 4.99 Å². The first kappa shape index (κ1) is 17.8. The lowest BCUT2D eigenvalue weighted by Gasteiger charge is -2.21. The maximum absolute atomic E-state index is 5.90. The van der Waals surface area contributed by atoms with Crippen molar-refractivity contribution >= 4 is 28.9 Å². The number of thiazole rings is 1. The number of hydrogen-bond acceptors (Lipinski definition) is 3. The molecule has 0 unspecified atom stereocenters. The number of benzene rings is 1. The number of nitrogens with one attached hydrogen (secondary N) is 1. The Bertz CT molecular complexity index is 636. The third-order valence-corrected chi connectivity index (χ3v) is 4.55. The van der Waals surface area contributed by atoms with E-state index in [9.17, 15) is 0 Å². The van der Waals surface area contributed by atoms with Crippen LogP contribution in [0.4, 0.5) is 0 Å². The average molecular weight is 351 g/mol. The van der Waals surface area contributed by atoms with E-state index in [0.717, 1.165) is 47.6 Å². The van der Waals surface area contributed by atoms with Crippen LogP contribution in [0, 0.1) is 6.92 Å². The van der Waals surface area contributed by atoms with E-state index in [1.165, 1.54) is 5.56 Å². The summed E-state index contributed by atoms with van der Waals surface area (Å²) in [6, 6.07) is 8.03.